The number of nitrogens with zero attached hydrogens (tertiary/aromatic N) is 3. The van der Waals surface area contributed by atoms with Gasteiger partial charge in [-0.25, -0.2) is 15.0 Å². The summed E-state index contributed by atoms with van der Waals surface area (Å²) in [5.74, 6) is 0.879. The van der Waals surface area contributed by atoms with Crippen molar-refractivity contribution >= 4 is 50.0 Å². The number of aromatic amines is 1. The summed E-state index contributed by atoms with van der Waals surface area (Å²) in [6.45, 7) is 0. The zero-order chi connectivity index (χ0) is 15.1. The number of hydrogen-bond acceptors (Lipinski definition) is 5. The summed E-state index contributed by atoms with van der Waals surface area (Å²) >= 11 is 4.91. The molecule has 0 amide bonds. The predicted molar refractivity (Wildman–Crippen MR) is 90.2 cm³/mol. The molecule has 3 aromatic heterocycles. The first kappa shape index (κ1) is 13.8. The van der Waals surface area contributed by atoms with Crippen molar-refractivity contribution in [3.63, 3.8) is 0 Å². The Labute approximate surface area is 138 Å². The lowest BCUT2D eigenvalue weighted by molar-refractivity contribution is 0.490. The second-order valence-corrected chi connectivity index (χ2v) is 6.54. The van der Waals surface area contributed by atoms with Crippen LogP contribution in [0.1, 0.15) is 11.4 Å². The molecule has 4 rings (SSSR count). The van der Waals surface area contributed by atoms with Gasteiger partial charge in [-0.3, -0.25) is 0 Å². The number of hydrogen-bond donors (Lipinski definition) is 1. The third-order valence-electron chi connectivity index (χ3n) is 3.33. The fourth-order valence-electron chi connectivity index (χ4n) is 2.35. The van der Waals surface area contributed by atoms with Crippen LogP contribution in [0.3, 0.4) is 0 Å². The summed E-state index contributed by atoms with van der Waals surface area (Å²) in [4.78, 5) is 16.5. The van der Waals surface area contributed by atoms with Gasteiger partial charge in [-0.05, 0) is 45.9 Å². The number of nitrogens with one attached hydrogen (secondary N) is 1. The highest BCUT2D eigenvalue weighted by molar-refractivity contribution is 9.10. The Hall–Kier alpha value is -1.86. The SMILES string of the molecule is CSc1nc2ccc(Cc3nc4ncc(Br)cc4[nH]3)cc2o1. The third kappa shape index (κ3) is 2.50. The molecule has 0 aliphatic carbocycles. The van der Waals surface area contributed by atoms with Crippen molar-refractivity contribution < 1.29 is 4.42 Å². The fourth-order valence-corrected chi connectivity index (χ4v) is 3.04. The van der Waals surface area contributed by atoms with Crippen LogP contribution in [0, 0.1) is 0 Å². The van der Waals surface area contributed by atoms with E-state index in [1.807, 2.05) is 30.5 Å². The van der Waals surface area contributed by atoms with Gasteiger partial charge in [0.1, 0.15) is 11.3 Å². The molecule has 0 aliphatic rings. The number of halogens is 1. The minimum atomic E-state index is 0.685. The molecule has 3 heterocycles. The van der Waals surface area contributed by atoms with E-state index < -0.39 is 0 Å². The number of fused-ring (bicyclic) bond motifs is 2. The molecule has 4 aromatic rings. The molecule has 1 N–H and O–H groups in total. The molecule has 0 saturated heterocycles. The maximum Gasteiger partial charge on any atom is 0.256 e. The van der Waals surface area contributed by atoms with E-state index in [1.165, 1.54) is 11.8 Å². The minimum Gasteiger partial charge on any atom is -0.431 e. The van der Waals surface area contributed by atoms with Gasteiger partial charge < -0.3 is 9.40 Å². The normalized spacial score (nSPS) is 11.5. The molecule has 5 nitrogen and oxygen atoms in total. The number of aromatic nitrogens is 4. The van der Waals surface area contributed by atoms with Crippen molar-refractivity contribution in [3.8, 4) is 0 Å². The van der Waals surface area contributed by atoms with E-state index >= 15 is 0 Å². The summed E-state index contributed by atoms with van der Waals surface area (Å²) in [6, 6.07) is 8.01. The standard InChI is InChI=1S/C15H11BrN4OS/c1-22-15-19-10-3-2-8(4-12(10)21-15)5-13-18-11-6-9(16)7-17-14(11)20-13/h2-4,6-7H,5H2,1H3,(H,17,18,20). The molecule has 1 aromatic carbocycles. The summed E-state index contributed by atoms with van der Waals surface area (Å²) in [5.41, 5.74) is 4.45. The van der Waals surface area contributed by atoms with E-state index in [0.717, 1.165) is 38.1 Å². The third-order valence-corrected chi connectivity index (χ3v) is 4.29. The van der Waals surface area contributed by atoms with Crippen LogP contribution in [-0.4, -0.2) is 26.2 Å². The fraction of sp³-hybridized carbons (Fsp3) is 0.133. The van der Waals surface area contributed by atoms with Crippen LogP contribution in [-0.2, 0) is 6.42 Å². The molecular weight excluding hydrogens is 364 g/mol. The number of oxazole rings is 1. The zero-order valence-electron chi connectivity index (χ0n) is 11.6. The molecule has 0 aliphatic heterocycles. The first-order valence-electron chi connectivity index (χ1n) is 6.65. The van der Waals surface area contributed by atoms with Gasteiger partial charge in [0.25, 0.3) is 5.22 Å². The van der Waals surface area contributed by atoms with Gasteiger partial charge in [0, 0.05) is 17.1 Å². The smallest absolute Gasteiger partial charge is 0.256 e. The zero-order valence-corrected chi connectivity index (χ0v) is 14.0. The lowest BCUT2D eigenvalue weighted by Gasteiger charge is -1.97. The van der Waals surface area contributed by atoms with E-state index in [4.69, 9.17) is 4.42 Å². The van der Waals surface area contributed by atoms with Crippen LogP contribution in [0.15, 0.2) is 44.6 Å². The van der Waals surface area contributed by atoms with Crippen molar-refractivity contribution in [2.45, 2.75) is 11.6 Å². The number of imidazole rings is 1. The van der Waals surface area contributed by atoms with Gasteiger partial charge >= 0.3 is 0 Å². The Morgan fingerprint density at radius 1 is 1.27 bits per heavy atom. The Bertz CT molecular complexity index is 978. The van der Waals surface area contributed by atoms with Crippen molar-refractivity contribution in [1.82, 2.24) is 19.9 Å². The highest BCUT2D eigenvalue weighted by Gasteiger charge is 2.09. The molecule has 0 unspecified atom stereocenters. The van der Waals surface area contributed by atoms with E-state index in [1.54, 1.807) is 6.20 Å². The molecule has 7 heteroatoms. The van der Waals surface area contributed by atoms with Crippen LogP contribution in [0.2, 0.25) is 0 Å². The number of benzene rings is 1. The first-order chi connectivity index (χ1) is 10.7. The number of thioether (sulfide) groups is 1. The summed E-state index contributed by atoms with van der Waals surface area (Å²) in [7, 11) is 0. The van der Waals surface area contributed by atoms with Gasteiger partial charge in [0.2, 0.25) is 0 Å². The van der Waals surface area contributed by atoms with E-state index in [9.17, 15) is 0 Å². The Kier molecular flexibility index (Phi) is 3.38. The summed E-state index contributed by atoms with van der Waals surface area (Å²) < 4.78 is 6.61. The maximum atomic E-state index is 5.67. The topological polar surface area (TPSA) is 67.6 Å². The molecule has 110 valence electrons. The average molecular weight is 375 g/mol. The first-order valence-corrected chi connectivity index (χ1v) is 8.66. The Morgan fingerprint density at radius 3 is 3.05 bits per heavy atom. The van der Waals surface area contributed by atoms with Crippen molar-refractivity contribution in [3.05, 3.63) is 46.3 Å². The quantitative estimate of drug-likeness (QED) is 0.545. The van der Waals surface area contributed by atoms with Gasteiger partial charge in [-0.15, -0.1) is 0 Å². The number of rotatable bonds is 3. The molecule has 0 fully saturated rings. The Balaban J connectivity index is 1.68. The van der Waals surface area contributed by atoms with Crippen LogP contribution in [0.4, 0.5) is 0 Å². The molecule has 0 spiro atoms. The highest BCUT2D eigenvalue weighted by atomic mass is 79.9. The minimum absolute atomic E-state index is 0.685. The van der Waals surface area contributed by atoms with Crippen LogP contribution >= 0.6 is 27.7 Å². The largest absolute Gasteiger partial charge is 0.431 e. The van der Waals surface area contributed by atoms with Gasteiger partial charge in [-0.2, -0.15) is 0 Å². The molecule has 22 heavy (non-hydrogen) atoms. The second-order valence-electron chi connectivity index (χ2n) is 4.87. The number of H-pyrrole nitrogens is 1. The molecular formula is C15H11BrN4OS. The summed E-state index contributed by atoms with van der Waals surface area (Å²) in [6.07, 6.45) is 4.39. The average Bonchev–Trinajstić information content (AvgIpc) is 3.09. The van der Waals surface area contributed by atoms with Gasteiger partial charge in [0.05, 0.1) is 5.52 Å². The molecule has 0 atom stereocenters. The lowest BCUT2D eigenvalue weighted by Crippen LogP contribution is -1.90. The van der Waals surface area contributed by atoms with E-state index in [2.05, 4.69) is 35.9 Å². The maximum absolute atomic E-state index is 5.67. The second kappa shape index (κ2) is 5.40. The Morgan fingerprint density at radius 2 is 2.18 bits per heavy atom. The molecule has 0 bridgehead atoms. The predicted octanol–water partition coefficient (Wildman–Crippen LogP) is 4.17. The van der Waals surface area contributed by atoms with E-state index in [-0.39, 0.29) is 0 Å². The molecule has 0 radical (unpaired) electrons. The van der Waals surface area contributed by atoms with Crippen LogP contribution in [0.25, 0.3) is 22.3 Å². The highest BCUT2D eigenvalue weighted by Crippen LogP contribution is 2.23. The van der Waals surface area contributed by atoms with Crippen LogP contribution in [0.5, 0.6) is 0 Å². The van der Waals surface area contributed by atoms with Crippen molar-refractivity contribution in [2.75, 3.05) is 6.26 Å². The monoisotopic (exact) mass is 374 g/mol. The van der Waals surface area contributed by atoms with Crippen molar-refractivity contribution in [1.29, 1.82) is 0 Å². The van der Waals surface area contributed by atoms with Gasteiger partial charge in [0.15, 0.2) is 11.2 Å². The van der Waals surface area contributed by atoms with Crippen LogP contribution < -0.4 is 0 Å². The van der Waals surface area contributed by atoms with Crippen molar-refractivity contribution in [2.24, 2.45) is 0 Å². The van der Waals surface area contributed by atoms with E-state index in [0.29, 0.717) is 11.6 Å². The molecule has 0 saturated carbocycles. The number of pyridine rings is 1. The van der Waals surface area contributed by atoms with Gasteiger partial charge in [-0.1, -0.05) is 17.8 Å². The summed E-state index contributed by atoms with van der Waals surface area (Å²) in [5, 5.41) is 0.685. The lowest BCUT2D eigenvalue weighted by atomic mass is 10.1.